The summed E-state index contributed by atoms with van der Waals surface area (Å²) in [5.74, 6) is -1.25. The summed E-state index contributed by atoms with van der Waals surface area (Å²) >= 11 is 0. The Balaban J connectivity index is 2.49. The van der Waals surface area contributed by atoms with Crippen LogP contribution in [-0.4, -0.2) is 29.3 Å². The Morgan fingerprint density at radius 3 is 2.73 bits per heavy atom. The summed E-state index contributed by atoms with van der Waals surface area (Å²) in [5, 5.41) is 11.5. The van der Waals surface area contributed by atoms with Crippen LogP contribution in [0.1, 0.15) is 6.42 Å². The lowest BCUT2D eigenvalue weighted by atomic mass is 10.2. The van der Waals surface area contributed by atoms with Gasteiger partial charge in [-0.2, -0.15) is 5.10 Å². The molecule has 0 spiro atoms. The molecule has 1 atom stereocenters. The molecule has 4 nitrogen and oxygen atoms in total. The van der Waals surface area contributed by atoms with Crippen LogP contribution < -0.4 is 5.43 Å². The normalized spacial score (nSPS) is 23.2. The summed E-state index contributed by atoms with van der Waals surface area (Å²) in [6.45, 7) is 0. The van der Waals surface area contributed by atoms with E-state index in [1.807, 2.05) is 5.43 Å². The summed E-state index contributed by atoms with van der Waals surface area (Å²) in [7, 11) is 0. The van der Waals surface area contributed by atoms with Crippen molar-refractivity contribution in [1.82, 2.24) is 5.43 Å². The van der Waals surface area contributed by atoms with Gasteiger partial charge in [0.05, 0.1) is 0 Å². The predicted molar refractivity (Wildman–Crippen MR) is 32.6 cm³/mol. The third kappa shape index (κ3) is 1.63. The van der Waals surface area contributed by atoms with Crippen molar-refractivity contribution in [2.45, 2.75) is 18.9 Å². The molecule has 11 heavy (non-hydrogen) atoms. The number of nitrogens with one attached hydrogen (secondary N) is 1. The summed E-state index contributed by atoms with van der Waals surface area (Å²) in [6.07, 6.45) is -2.79. The first-order chi connectivity index (χ1) is 5.11. The number of nitrogens with zero attached hydrogens (tertiary/aromatic N) is 1. The summed E-state index contributed by atoms with van der Waals surface area (Å²) in [5.41, 5.74) is 1.80. The van der Waals surface area contributed by atoms with Crippen LogP contribution >= 0.6 is 0 Å². The van der Waals surface area contributed by atoms with Crippen LogP contribution in [0, 0.1) is 0 Å². The maximum Gasteiger partial charge on any atom is 0.352 e. The van der Waals surface area contributed by atoms with Crippen molar-refractivity contribution in [3.8, 4) is 0 Å². The fraction of sp³-hybridized carbons (Fsp3) is 0.600. The first-order valence-corrected chi connectivity index (χ1v) is 2.95. The Kier molecular flexibility index (Phi) is 2.02. The van der Waals surface area contributed by atoms with E-state index in [2.05, 4.69) is 5.10 Å². The van der Waals surface area contributed by atoms with Gasteiger partial charge in [-0.05, 0) is 0 Å². The smallest absolute Gasteiger partial charge is 0.352 e. The largest absolute Gasteiger partial charge is 0.477 e. The van der Waals surface area contributed by atoms with Gasteiger partial charge in [-0.15, -0.1) is 0 Å². The van der Waals surface area contributed by atoms with Gasteiger partial charge >= 0.3 is 5.97 Å². The average molecular weight is 164 g/mol. The number of hydrazone groups is 1. The molecule has 1 heterocycles. The molecule has 0 saturated heterocycles. The van der Waals surface area contributed by atoms with Crippen LogP contribution in [-0.2, 0) is 4.79 Å². The van der Waals surface area contributed by atoms with E-state index in [-0.39, 0.29) is 12.1 Å². The minimum atomic E-state index is -2.57. The Labute approximate surface area is 60.9 Å². The SMILES string of the molecule is O=C(O)C1=NN[C@@H](C(F)F)C1. The predicted octanol–water partition coefficient (Wildman–Crippen LogP) is 0.0540. The molecule has 0 aromatic heterocycles. The highest BCUT2D eigenvalue weighted by Gasteiger charge is 2.29. The molecule has 62 valence electrons. The van der Waals surface area contributed by atoms with E-state index in [1.165, 1.54) is 0 Å². The van der Waals surface area contributed by atoms with Gasteiger partial charge in [0.15, 0.2) is 0 Å². The lowest BCUT2D eigenvalue weighted by molar-refractivity contribution is -0.129. The number of halogens is 2. The molecule has 0 saturated carbocycles. The van der Waals surface area contributed by atoms with E-state index in [9.17, 15) is 13.6 Å². The number of rotatable bonds is 2. The molecule has 2 N–H and O–H groups in total. The van der Waals surface area contributed by atoms with Gasteiger partial charge in [0.2, 0.25) is 0 Å². The Morgan fingerprint density at radius 1 is 1.82 bits per heavy atom. The Hall–Kier alpha value is -1.20. The molecular weight excluding hydrogens is 158 g/mol. The summed E-state index contributed by atoms with van der Waals surface area (Å²) < 4.78 is 23.7. The zero-order chi connectivity index (χ0) is 8.43. The van der Waals surface area contributed by atoms with Crippen LogP contribution in [0.5, 0.6) is 0 Å². The van der Waals surface area contributed by atoms with Crippen molar-refractivity contribution < 1.29 is 18.7 Å². The molecular formula is C5H6F2N2O2. The van der Waals surface area contributed by atoms with E-state index in [4.69, 9.17) is 5.11 Å². The lowest BCUT2D eigenvalue weighted by Crippen LogP contribution is -2.28. The number of alkyl halides is 2. The van der Waals surface area contributed by atoms with Gasteiger partial charge in [0.1, 0.15) is 11.8 Å². The van der Waals surface area contributed by atoms with Gasteiger partial charge in [-0.25, -0.2) is 13.6 Å². The highest BCUT2D eigenvalue weighted by atomic mass is 19.3. The van der Waals surface area contributed by atoms with Crippen molar-refractivity contribution in [3.63, 3.8) is 0 Å². The van der Waals surface area contributed by atoms with Crippen LogP contribution in [0.15, 0.2) is 5.10 Å². The highest BCUT2D eigenvalue weighted by Crippen LogP contribution is 2.11. The second-order valence-electron chi connectivity index (χ2n) is 2.14. The highest BCUT2D eigenvalue weighted by molar-refractivity contribution is 6.36. The standard InChI is InChI=1S/C5H6F2N2O2/c6-4(7)2-1-3(5(10)11)9-8-2/h2,4,8H,1H2,(H,10,11)/t2-/m1/s1. The van der Waals surface area contributed by atoms with Gasteiger partial charge < -0.3 is 10.5 Å². The van der Waals surface area contributed by atoms with Crippen LogP contribution in [0.4, 0.5) is 8.78 Å². The molecule has 0 aliphatic carbocycles. The molecule has 0 amide bonds. The summed E-state index contributed by atoms with van der Waals surface area (Å²) in [6, 6.07) is -1.14. The molecule has 1 aliphatic rings. The molecule has 0 fully saturated rings. The lowest BCUT2D eigenvalue weighted by Gasteiger charge is -2.05. The average Bonchev–Trinajstić information content (AvgIpc) is 2.33. The van der Waals surface area contributed by atoms with Crippen LogP contribution in [0.25, 0.3) is 0 Å². The zero-order valence-corrected chi connectivity index (χ0v) is 5.42. The quantitative estimate of drug-likeness (QED) is 0.606. The minimum Gasteiger partial charge on any atom is -0.477 e. The van der Waals surface area contributed by atoms with Crippen molar-refractivity contribution >= 4 is 11.7 Å². The molecule has 1 aliphatic heterocycles. The number of hydrogen-bond donors (Lipinski definition) is 2. The van der Waals surface area contributed by atoms with Crippen molar-refractivity contribution in [2.24, 2.45) is 5.10 Å². The van der Waals surface area contributed by atoms with Gasteiger partial charge in [-0.3, -0.25) is 0 Å². The van der Waals surface area contributed by atoms with E-state index in [1.54, 1.807) is 0 Å². The van der Waals surface area contributed by atoms with E-state index < -0.39 is 18.4 Å². The van der Waals surface area contributed by atoms with Crippen LogP contribution in [0.3, 0.4) is 0 Å². The second-order valence-corrected chi connectivity index (χ2v) is 2.14. The van der Waals surface area contributed by atoms with Crippen molar-refractivity contribution in [3.05, 3.63) is 0 Å². The van der Waals surface area contributed by atoms with Gasteiger partial charge in [0, 0.05) is 6.42 Å². The van der Waals surface area contributed by atoms with Crippen molar-refractivity contribution in [2.75, 3.05) is 0 Å². The topological polar surface area (TPSA) is 61.7 Å². The van der Waals surface area contributed by atoms with E-state index in [0.717, 1.165) is 0 Å². The monoisotopic (exact) mass is 164 g/mol. The molecule has 0 bridgehead atoms. The zero-order valence-electron chi connectivity index (χ0n) is 5.42. The van der Waals surface area contributed by atoms with Crippen LogP contribution in [0.2, 0.25) is 0 Å². The molecule has 0 unspecified atom stereocenters. The first-order valence-electron chi connectivity index (χ1n) is 2.95. The fourth-order valence-electron chi connectivity index (χ4n) is 0.741. The second kappa shape index (κ2) is 2.81. The number of carboxylic acid groups (broad SMARTS) is 1. The van der Waals surface area contributed by atoms with Crippen molar-refractivity contribution in [1.29, 1.82) is 0 Å². The third-order valence-corrected chi connectivity index (χ3v) is 1.33. The number of carbonyl (C=O) groups is 1. The Bertz CT molecular complexity index is 205. The van der Waals surface area contributed by atoms with E-state index in [0.29, 0.717) is 0 Å². The molecule has 0 aromatic rings. The number of carboxylic acids is 1. The number of aliphatic carboxylic acids is 1. The van der Waals surface area contributed by atoms with Gasteiger partial charge in [0.25, 0.3) is 6.43 Å². The van der Waals surface area contributed by atoms with E-state index >= 15 is 0 Å². The maximum absolute atomic E-state index is 11.8. The Morgan fingerprint density at radius 2 is 2.45 bits per heavy atom. The molecule has 1 rings (SSSR count). The minimum absolute atomic E-state index is 0.215. The molecule has 6 heteroatoms. The molecule has 0 radical (unpaired) electrons. The first kappa shape index (κ1) is 7.90. The maximum atomic E-state index is 11.8. The number of hydrogen-bond acceptors (Lipinski definition) is 3. The van der Waals surface area contributed by atoms with Gasteiger partial charge in [-0.1, -0.05) is 0 Å². The molecule has 0 aromatic carbocycles. The third-order valence-electron chi connectivity index (χ3n) is 1.33. The fourth-order valence-corrected chi connectivity index (χ4v) is 0.741. The summed E-state index contributed by atoms with van der Waals surface area (Å²) in [4.78, 5) is 10.2.